The molecule has 0 radical (unpaired) electrons. The van der Waals surface area contributed by atoms with Crippen molar-refractivity contribution in [3.8, 4) is 5.75 Å². The summed E-state index contributed by atoms with van der Waals surface area (Å²) in [5.74, 6) is -0.0211. The van der Waals surface area contributed by atoms with Gasteiger partial charge >= 0.3 is 0 Å². The number of halogens is 1. The molecule has 0 aromatic heterocycles. The van der Waals surface area contributed by atoms with Crippen molar-refractivity contribution in [2.45, 2.75) is 39.2 Å². The number of carbonyl (C=O) groups excluding carboxylic acids is 2. The fraction of sp³-hybridized carbons (Fsp3) is 0.333. The van der Waals surface area contributed by atoms with E-state index in [-0.39, 0.29) is 17.2 Å². The van der Waals surface area contributed by atoms with Gasteiger partial charge in [0.1, 0.15) is 5.75 Å². The summed E-state index contributed by atoms with van der Waals surface area (Å²) < 4.78 is 5.72. The molecule has 1 unspecified atom stereocenters. The molecule has 2 aromatic carbocycles. The first kappa shape index (κ1) is 20.8. The standard InChI is InChI=1S/C21H25ClN2O3/c1-13(27-16-9-6-14(7-10-16)21(2,3)4)19(25)24-15-8-11-18(22)17(12-15)20(26)23-5/h6-13H,1-5H3,(H,23,26)(H,24,25). The molecule has 0 aliphatic heterocycles. The second-order valence-corrected chi connectivity index (χ2v) is 7.70. The SMILES string of the molecule is CNC(=O)c1cc(NC(=O)C(C)Oc2ccc(C(C)(C)C)cc2)ccc1Cl. The summed E-state index contributed by atoms with van der Waals surface area (Å²) in [7, 11) is 1.52. The topological polar surface area (TPSA) is 67.4 Å². The van der Waals surface area contributed by atoms with Gasteiger partial charge in [0.2, 0.25) is 0 Å². The molecule has 0 spiro atoms. The van der Waals surface area contributed by atoms with E-state index in [9.17, 15) is 9.59 Å². The molecule has 2 N–H and O–H groups in total. The number of anilines is 1. The van der Waals surface area contributed by atoms with Crippen LogP contribution in [0, 0.1) is 0 Å². The van der Waals surface area contributed by atoms with E-state index in [1.807, 2.05) is 24.3 Å². The lowest BCUT2D eigenvalue weighted by Gasteiger charge is -2.20. The van der Waals surface area contributed by atoms with E-state index in [0.717, 1.165) is 0 Å². The zero-order valence-electron chi connectivity index (χ0n) is 16.2. The van der Waals surface area contributed by atoms with Crippen molar-refractivity contribution in [1.29, 1.82) is 0 Å². The number of rotatable bonds is 5. The van der Waals surface area contributed by atoms with Crippen LogP contribution < -0.4 is 15.4 Å². The second kappa shape index (κ2) is 8.44. The summed E-state index contributed by atoms with van der Waals surface area (Å²) in [6.07, 6.45) is -0.704. The van der Waals surface area contributed by atoms with Gasteiger partial charge in [-0.05, 0) is 48.2 Å². The highest BCUT2D eigenvalue weighted by molar-refractivity contribution is 6.34. The fourth-order valence-corrected chi connectivity index (χ4v) is 2.65. The minimum atomic E-state index is -0.704. The summed E-state index contributed by atoms with van der Waals surface area (Å²) in [6.45, 7) is 8.08. The second-order valence-electron chi connectivity index (χ2n) is 7.30. The highest BCUT2D eigenvalue weighted by atomic mass is 35.5. The van der Waals surface area contributed by atoms with Crippen LogP contribution in [-0.4, -0.2) is 25.0 Å². The molecule has 2 aromatic rings. The first-order valence-corrected chi connectivity index (χ1v) is 9.09. The zero-order chi connectivity index (χ0) is 20.2. The van der Waals surface area contributed by atoms with Crippen LogP contribution in [0.15, 0.2) is 42.5 Å². The van der Waals surface area contributed by atoms with Crippen LogP contribution in [0.5, 0.6) is 5.75 Å². The van der Waals surface area contributed by atoms with Gasteiger partial charge in [-0.2, -0.15) is 0 Å². The first-order valence-electron chi connectivity index (χ1n) is 8.71. The number of ether oxygens (including phenoxy) is 1. The lowest BCUT2D eigenvalue weighted by Crippen LogP contribution is -2.30. The molecule has 1 atom stereocenters. The highest BCUT2D eigenvalue weighted by Crippen LogP contribution is 2.25. The molecular formula is C21H25ClN2O3. The van der Waals surface area contributed by atoms with E-state index < -0.39 is 6.10 Å². The Kier molecular flexibility index (Phi) is 6.50. The number of benzene rings is 2. The third kappa shape index (κ3) is 5.47. The van der Waals surface area contributed by atoms with Crippen LogP contribution in [0.4, 0.5) is 5.69 Å². The Morgan fingerprint density at radius 2 is 1.70 bits per heavy atom. The van der Waals surface area contributed by atoms with Gasteiger partial charge in [0.25, 0.3) is 11.8 Å². The third-order valence-corrected chi connectivity index (χ3v) is 4.44. The van der Waals surface area contributed by atoms with Gasteiger partial charge in [-0.3, -0.25) is 9.59 Å². The molecule has 2 rings (SSSR count). The van der Waals surface area contributed by atoms with Crippen LogP contribution in [0.25, 0.3) is 0 Å². The number of hydrogen-bond acceptors (Lipinski definition) is 3. The molecule has 0 fully saturated rings. The quantitative estimate of drug-likeness (QED) is 0.797. The minimum absolute atomic E-state index is 0.0542. The summed E-state index contributed by atoms with van der Waals surface area (Å²) in [5, 5.41) is 5.57. The van der Waals surface area contributed by atoms with Gasteiger partial charge in [-0.1, -0.05) is 44.5 Å². The Labute approximate surface area is 165 Å². The van der Waals surface area contributed by atoms with E-state index in [1.165, 1.54) is 18.7 Å². The van der Waals surface area contributed by atoms with Crippen molar-refractivity contribution < 1.29 is 14.3 Å². The van der Waals surface area contributed by atoms with Crippen LogP contribution >= 0.6 is 11.6 Å². The molecule has 0 heterocycles. The van der Waals surface area contributed by atoms with Crippen LogP contribution in [0.1, 0.15) is 43.6 Å². The van der Waals surface area contributed by atoms with Crippen LogP contribution in [-0.2, 0) is 10.2 Å². The minimum Gasteiger partial charge on any atom is -0.481 e. The molecule has 0 bridgehead atoms. The smallest absolute Gasteiger partial charge is 0.265 e. The average Bonchev–Trinajstić information content (AvgIpc) is 2.62. The third-order valence-electron chi connectivity index (χ3n) is 4.11. The molecule has 5 nitrogen and oxygen atoms in total. The van der Waals surface area contributed by atoms with E-state index in [1.54, 1.807) is 19.1 Å². The molecular weight excluding hydrogens is 364 g/mol. The number of carbonyl (C=O) groups is 2. The predicted molar refractivity (Wildman–Crippen MR) is 109 cm³/mol. The maximum absolute atomic E-state index is 12.4. The average molecular weight is 389 g/mol. The van der Waals surface area contributed by atoms with Crippen molar-refractivity contribution in [1.82, 2.24) is 5.32 Å². The Morgan fingerprint density at radius 1 is 1.07 bits per heavy atom. The molecule has 144 valence electrons. The van der Waals surface area contributed by atoms with Gasteiger partial charge in [0, 0.05) is 12.7 Å². The highest BCUT2D eigenvalue weighted by Gasteiger charge is 2.18. The maximum Gasteiger partial charge on any atom is 0.265 e. The van der Waals surface area contributed by atoms with Crippen molar-refractivity contribution >= 4 is 29.1 Å². The molecule has 2 amide bonds. The van der Waals surface area contributed by atoms with Crippen LogP contribution in [0.3, 0.4) is 0 Å². The lowest BCUT2D eigenvalue weighted by atomic mass is 9.87. The van der Waals surface area contributed by atoms with E-state index in [4.69, 9.17) is 16.3 Å². The fourth-order valence-electron chi connectivity index (χ4n) is 2.45. The van der Waals surface area contributed by atoms with Crippen molar-refractivity contribution in [3.63, 3.8) is 0 Å². The van der Waals surface area contributed by atoms with E-state index >= 15 is 0 Å². The van der Waals surface area contributed by atoms with Crippen molar-refractivity contribution in [3.05, 3.63) is 58.6 Å². The van der Waals surface area contributed by atoms with Crippen molar-refractivity contribution in [2.24, 2.45) is 0 Å². The van der Waals surface area contributed by atoms with Gasteiger partial charge < -0.3 is 15.4 Å². The zero-order valence-corrected chi connectivity index (χ0v) is 17.0. The monoisotopic (exact) mass is 388 g/mol. The first-order chi connectivity index (χ1) is 12.6. The van der Waals surface area contributed by atoms with E-state index in [0.29, 0.717) is 22.0 Å². The summed E-state index contributed by atoms with van der Waals surface area (Å²) in [6, 6.07) is 12.4. The normalized spacial score (nSPS) is 12.2. The molecule has 27 heavy (non-hydrogen) atoms. The summed E-state index contributed by atoms with van der Waals surface area (Å²) in [5.41, 5.74) is 2.01. The maximum atomic E-state index is 12.4. The van der Waals surface area contributed by atoms with E-state index in [2.05, 4.69) is 31.4 Å². The predicted octanol–water partition coefficient (Wildman–Crippen LogP) is 4.40. The molecule has 0 saturated carbocycles. The van der Waals surface area contributed by atoms with Crippen LogP contribution in [0.2, 0.25) is 5.02 Å². The lowest BCUT2D eigenvalue weighted by molar-refractivity contribution is -0.122. The van der Waals surface area contributed by atoms with Gasteiger partial charge in [0.15, 0.2) is 6.10 Å². The molecule has 0 saturated heterocycles. The summed E-state index contributed by atoms with van der Waals surface area (Å²) >= 11 is 6.02. The Bertz CT molecular complexity index is 826. The largest absolute Gasteiger partial charge is 0.481 e. The number of hydrogen-bond donors (Lipinski definition) is 2. The molecule has 0 aliphatic rings. The van der Waals surface area contributed by atoms with Gasteiger partial charge in [-0.15, -0.1) is 0 Å². The van der Waals surface area contributed by atoms with Crippen molar-refractivity contribution in [2.75, 3.05) is 12.4 Å². The molecule has 0 aliphatic carbocycles. The molecule has 6 heteroatoms. The Hall–Kier alpha value is -2.53. The Morgan fingerprint density at radius 3 is 2.26 bits per heavy atom. The number of amides is 2. The van der Waals surface area contributed by atoms with Gasteiger partial charge in [-0.25, -0.2) is 0 Å². The number of nitrogens with one attached hydrogen (secondary N) is 2. The Balaban J connectivity index is 2.04. The summed E-state index contributed by atoms with van der Waals surface area (Å²) in [4.78, 5) is 24.2. The van der Waals surface area contributed by atoms with Gasteiger partial charge in [0.05, 0.1) is 10.6 Å².